The number of hydrogen-bond acceptors (Lipinski definition) is 5. The molecule has 2 aromatic carbocycles. The molecule has 2 aromatic rings. The number of benzene rings is 2. The van der Waals surface area contributed by atoms with E-state index in [-0.39, 0.29) is 17.6 Å². The van der Waals surface area contributed by atoms with E-state index in [1.807, 2.05) is 0 Å². The molecule has 5 nitrogen and oxygen atoms in total. The minimum absolute atomic E-state index is 0.00842. The molecule has 0 radical (unpaired) electrons. The number of likely N-dealkylation sites (tertiary alicyclic amines) is 1. The van der Waals surface area contributed by atoms with Crippen LogP contribution in [0.1, 0.15) is 74.3 Å². The Kier molecular flexibility index (Phi) is 8.38. The van der Waals surface area contributed by atoms with Crippen LogP contribution in [0.15, 0.2) is 60.7 Å². The lowest BCUT2D eigenvalue weighted by Gasteiger charge is -2.62. The molecule has 2 saturated heterocycles. The first kappa shape index (κ1) is 27.0. The third kappa shape index (κ3) is 5.96. The maximum atomic E-state index is 13.4. The first-order valence-corrected chi connectivity index (χ1v) is 15.6. The number of nitrogens with zero attached hydrogens (tertiary/aromatic N) is 3. The van der Waals surface area contributed by atoms with Gasteiger partial charge in [0.15, 0.2) is 0 Å². The van der Waals surface area contributed by atoms with Crippen LogP contribution in [0.4, 0.5) is 0 Å². The van der Waals surface area contributed by atoms with Gasteiger partial charge < -0.3 is 14.5 Å². The lowest BCUT2D eigenvalue weighted by Crippen LogP contribution is -2.64. The highest BCUT2D eigenvalue weighted by atomic mass is 16.5. The molecular formula is C34H47N3O2. The SMILES string of the molecule is CN1CCN(CCCC(=O)OC2CC3(N4CCCCC4)CC(c4ccccc4)C2C(c2ccccc2)C3)CC1. The van der Waals surface area contributed by atoms with Crippen LogP contribution in [-0.2, 0) is 9.53 Å². The number of carbonyl (C=O) groups excluding carboxylic acids is 1. The van der Waals surface area contributed by atoms with Crippen LogP contribution in [0.2, 0.25) is 0 Å². The molecule has 7 rings (SSSR count). The molecule has 39 heavy (non-hydrogen) atoms. The molecule has 5 heteroatoms. The molecule has 3 unspecified atom stereocenters. The third-order valence-electron chi connectivity index (χ3n) is 10.4. The highest BCUT2D eigenvalue weighted by Gasteiger charge is 2.59. The molecule has 3 atom stereocenters. The quantitative estimate of drug-likeness (QED) is 0.420. The molecule has 2 aliphatic heterocycles. The van der Waals surface area contributed by atoms with Crippen LogP contribution < -0.4 is 0 Å². The van der Waals surface area contributed by atoms with Crippen LogP contribution in [-0.4, -0.2) is 85.2 Å². The van der Waals surface area contributed by atoms with E-state index in [1.54, 1.807) is 0 Å². The Bertz CT molecular complexity index is 1010. The van der Waals surface area contributed by atoms with E-state index >= 15 is 0 Å². The summed E-state index contributed by atoms with van der Waals surface area (Å²) in [6.07, 6.45) is 8.66. The second-order valence-electron chi connectivity index (χ2n) is 12.8. The van der Waals surface area contributed by atoms with Gasteiger partial charge in [-0.3, -0.25) is 9.69 Å². The smallest absolute Gasteiger partial charge is 0.306 e. The molecular weight excluding hydrogens is 482 g/mol. The zero-order chi connectivity index (χ0) is 26.7. The van der Waals surface area contributed by atoms with Gasteiger partial charge in [0.2, 0.25) is 0 Å². The zero-order valence-corrected chi connectivity index (χ0v) is 23.8. The summed E-state index contributed by atoms with van der Waals surface area (Å²) in [5.74, 6) is 1.14. The molecule has 5 fully saturated rings. The topological polar surface area (TPSA) is 36.0 Å². The van der Waals surface area contributed by atoms with Crippen molar-refractivity contribution in [3.8, 4) is 0 Å². The fourth-order valence-corrected chi connectivity index (χ4v) is 8.35. The zero-order valence-electron chi connectivity index (χ0n) is 23.8. The summed E-state index contributed by atoms with van der Waals surface area (Å²) < 4.78 is 6.56. The van der Waals surface area contributed by atoms with Crippen molar-refractivity contribution in [2.75, 3.05) is 52.9 Å². The summed E-state index contributed by atoms with van der Waals surface area (Å²) in [5, 5.41) is 0. The Balaban J connectivity index is 1.24. The minimum Gasteiger partial charge on any atom is -0.462 e. The van der Waals surface area contributed by atoms with Crippen molar-refractivity contribution in [3.63, 3.8) is 0 Å². The summed E-state index contributed by atoms with van der Waals surface area (Å²) in [6, 6.07) is 22.2. The van der Waals surface area contributed by atoms with Crippen molar-refractivity contribution >= 4 is 5.97 Å². The van der Waals surface area contributed by atoms with Gasteiger partial charge in [-0.15, -0.1) is 0 Å². The number of carbonyl (C=O) groups is 1. The van der Waals surface area contributed by atoms with Crippen molar-refractivity contribution in [3.05, 3.63) is 71.8 Å². The molecule has 0 amide bonds. The summed E-state index contributed by atoms with van der Waals surface area (Å²) >= 11 is 0. The van der Waals surface area contributed by atoms with Crippen molar-refractivity contribution in [1.82, 2.24) is 14.7 Å². The Hall–Kier alpha value is -2.21. The molecule has 3 aliphatic carbocycles. The highest BCUT2D eigenvalue weighted by molar-refractivity contribution is 5.69. The normalized spacial score (nSPS) is 32.2. The van der Waals surface area contributed by atoms with Gasteiger partial charge in [-0.1, -0.05) is 67.1 Å². The van der Waals surface area contributed by atoms with Crippen molar-refractivity contribution in [1.29, 1.82) is 0 Å². The Morgan fingerprint density at radius 2 is 1.38 bits per heavy atom. The fraction of sp³-hybridized carbons (Fsp3) is 0.618. The van der Waals surface area contributed by atoms with E-state index in [0.29, 0.717) is 24.2 Å². The first-order chi connectivity index (χ1) is 19.1. The predicted octanol–water partition coefficient (Wildman–Crippen LogP) is 5.53. The maximum Gasteiger partial charge on any atom is 0.306 e. The van der Waals surface area contributed by atoms with Gasteiger partial charge in [0, 0.05) is 50.5 Å². The lowest BCUT2D eigenvalue weighted by atomic mass is 9.51. The second kappa shape index (κ2) is 12.1. The standard InChI is InChI=1S/C34H47N3O2/c1-35-20-22-36(23-21-35)17-11-16-32(38)39-31-26-34(37-18-9-4-10-19-37)24-29(27-12-5-2-6-13-27)33(31)30(25-34)28-14-7-3-8-15-28/h2-3,5-8,12-15,29-31,33H,4,9-11,16-26H2,1H3. The van der Waals surface area contributed by atoms with E-state index < -0.39 is 0 Å². The molecule has 0 aromatic heterocycles. The monoisotopic (exact) mass is 529 g/mol. The molecule has 0 spiro atoms. The van der Waals surface area contributed by atoms with Crippen molar-refractivity contribution < 1.29 is 9.53 Å². The summed E-state index contributed by atoms with van der Waals surface area (Å²) in [4.78, 5) is 21.1. The highest BCUT2D eigenvalue weighted by Crippen LogP contribution is 2.60. The number of esters is 1. The average Bonchev–Trinajstić information content (AvgIpc) is 2.99. The summed E-state index contributed by atoms with van der Waals surface area (Å²) in [5.41, 5.74) is 2.93. The van der Waals surface area contributed by atoms with Crippen molar-refractivity contribution in [2.45, 2.75) is 74.8 Å². The Morgan fingerprint density at radius 3 is 1.97 bits per heavy atom. The van der Waals surface area contributed by atoms with Crippen LogP contribution >= 0.6 is 0 Å². The second-order valence-corrected chi connectivity index (χ2v) is 12.8. The number of piperazine rings is 1. The number of fused-ring (bicyclic) bond motifs is 3. The Morgan fingerprint density at radius 1 is 0.795 bits per heavy atom. The van der Waals surface area contributed by atoms with Crippen LogP contribution in [0, 0.1) is 5.92 Å². The van der Waals surface area contributed by atoms with Gasteiger partial charge in [-0.05, 0) is 81.7 Å². The molecule has 210 valence electrons. The maximum absolute atomic E-state index is 13.4. The number of ether oxygens (including phenoxy) is 1. The van der Waals surface area contributed by atoms with Gasteiger partial charge in [-0.25, -0.2) is 0 Å². The summed E-state index contributed by atoms with van der Waals surface area (Å²) in [7, 11) is 2.19. The molecule has 2 bridgehead atoms. The molecule has 2 heterocycles. The minimum atomic E-state index is -0.0269. The summed E-state index contributed by atoms with van der Waals surface area (Å²) in [6.45, 7) is 7.80. The van der Waals surface area contributed by atoms with E-state index in [9.17, 15) is 4.79 Å². The first-order valence-electron chi connectivity index (χ1n) is 15.6. The van der Waals surface area contributed by atoms with Crippen LogP contribution in [0.3, 0.4) is 0 Å². The molecule has 3 saturated carbocycles. The van der Waals surface area contributed by atoms with Crippen LogP contribution in [0.25, 0.3) is 0 Å². The average molecular weight is 530 g/mol. The number of piperidine rings is 1. The van der Waals surface area contributed by atoms with Gasteiger partial charge in [0.05, 0.1) is 0 Å². The lowest BCUT2D eigenvalue weighted by molar-refractivity contribution is -0.170. The Labute approximate surface area is 235 Å². The van der Waals surface area contributed by atoms with Crippen molar-refractivity contribution in [2.24, 2.45) is 5.92 Å². The van der Waals surface area contributed by atoms with Crippen LogP contribution in [0.5, 0.6) is 0 Å². The van der Waals surface area contributed by atoms with E-state index in [1.165, 1.54) is 56.3 Å². The van der Waals surface area contributed by atoms with E-state index in [0.717, 1.165) is 45.6 Å². The van der Waals surface area contributed by atoms with Gasteiger partial charge in [0.25, 0.3) is 0 Å². The number of likely N-dealkylation sites (N-methyl/N-ethyl adjacent to an activating group) is 1. The van der Waals surface area contributed by atoms with Gasteiger partial charge in [-0.2, -0.15) is 0 Å². The number of rotatable bonds is 8. The largest absolute Gasteiger partial charge is 0.462 e. The molecule has 5 aliphatic rings. The number of hydrogen-bond donors (Lipinski definition) is 0. The molecule has 0 N–H and O–H groups in total. The van der Waals surface area contributed by atoms with Gasteiger partial charge in [0.1, 0.15) is 6.10 Å². The van der Waals surface area contributed by atoms with E-state index in [2.05, 4.69) is 82.4 Å². The fourth-order valence-electron chi connectivity index (χ4n) is 8.35. The third-order valence-corrected chi connectivity index (χ3v) is 10.4. The van der Waals surface area contributed by atoms with Gasteiger partial charge >= 0.3 is 5.97 Å². The predicted molar refractivity (Wildman–Crippen MR) is 157 cm³/mol. The van der Waals surface area contributed by atoms with E-state index in [4.69, 9.17) is 4.74 Å².